The first kappa shape index (κ1) is 42.8. The van der Waals surface area contributed by atoms with E-state index in [1.165, 1.54) is 35.1 Å². The topological polar surface area (TPSA) is 76.1 Å². The number of esters is 2. The van der Waals surface area contributed by atoms with Gasteiger partial charge in [-0.15, -0.1) is 0 Å². The van der Waals surface area contributed by atoms with Crippen molar-refractivity contribution in [1.29, 1.82) is 0 Å². The molecule has 0 rings (SSSR count). The molecule has 0 aliphatic carbocycles. The molecular weight excluding hydrogens is 562 g/mol. The van der Waals surface area contributed by atoms with Crippen LogP contribution in [0.1, 0.15) is 151 Å². The second-order valence-electron chi connectivity index (χ2n) is 13.1. The molecule has 0 saturated heterocycles. The van der Waals surface area contributed by atoms with Crippen LogP contribution in [0, 0.1) is 0 Å². The van der Waals surface area contributed by atoms with Gasteiger partial charge in [-0.1, -0.05) is 73.0 Å². The maximum absolute atomic E-state index is 12.0. The number of ether oxygens (including phenoxy) is 2. The van der Waals surface area contributed by atoms with E-state index in [4.69, 9.17) is 9.47 Å². The quantitative estimate of drug-likeness (QED) is 0.0503. The summed E-state index contributed by atoms with van der Waals surface area (Å²) in [6.07, 6.45) is 25.2. The Morgan fingerprint density at radius 2 is 0.889 bits per heavy atom. The van der Waals surface area contributed by atoms with Crippen molar-refractivity contribution in [1.82, 2.24) is 4.90 Å². The molecule has 1 N–H and O–H groups in total. The Kier molecular flexibility index (Phi) is 29.0. The van der Waals surface area contributed by atoms with Gasteiger partial charge in [-0.25, -0.2) is 0 Å². The fourth-order valence-electron chi connectivity index (χ4n) is 4.98. The van der Waals surface area contributed by atoms with Gasteiger partial charge in [0.25, 0.3) is 0 Å². The molecule has 0 radical (unpaired) electrons. The SMILES string of the molecule is CC(C)=CCC/C(C)=C\COC(=O)CCCCCCCN(CCCO)CCCCCCCC(=O)OC/C=C(/C)CCC=C(C)C. The molecule has 6 heteroatoms. The summed E-state index contributed by atoms with van der Waals surface area (Å²) in [5.74, 6) is -0.189. The fourth-order valence-corrected chi connectivity index (χ4v) is 4.98. The predicted octanol–water partition coefficient (Wildman–Crippen LogP) is 9.82. The van der Waals surface area contributed by atoms with Crippen LogP contribution >= 0.6 is 0 Å². The third kappa shape index (κ3) is 31.6. The zero-order valence-electron chi connectivity index (χ0n) is 30.1. The van der Waals surface area contributed by atoms with Crippen molar-refractivity contribution < 1.29 is 24.2 Å². The zero-order chi connectivity index (χ0) is 33.5. The lowest BCUT2D eigenvalue weighted by Crippen LogP contribution is -2.27. The van der Waals surface area contributed by atoms with Crippen molar-refractivity contribution in [3.63, 3.8) is 0 Å². The Morgan fingerprint density at radius 3 is 1.29 bits per heavy atom. The lowest BCUT2D eigenvalue weighted by molar-refractivity contribution is -0.143. The van der Waals surface area contributed by atoms with E-state index >= 15 is 0 Å². The molecule has 0 aromatic heterocycles. The van der Waals surface area contributed by atoms with Crippen LogP contribution in [0.4, 0.5) is 0 Å². The van der Waals surface area contributed by atoms with Gasteiger partial charge in [-0.2, -0.15) is 0 Å². The molecule has 0 atom stereocenters. The first-order valence-corrected chi connectivity index (χ1v) is 17.9. The third-order valence-corrected chi connectivity index (χ3v) is 7.88. The normalized spacial score (nSPS) is 11.9. The minimum absolute atomic E-state index is 0.0947. The van der Waals surface area contributed by atoms with Crippen LogP contribution in [0.25, 0.3) is 0 Å². The first-order valence-electron chi connectivity index (χ1n) is 17.9. The molecule has 0 aromatic rings. The lowest BCUT2D eigenvalue weighted by Gasteiger charge is -2.22. The summed E-state index contributed by atoms with van der Waals surface area (Å²) in [7, 11) is 0. The third-order valence-electron chi connectivity index (χ3n) is 7.88. The highest BCUT2D eigenvalue weighted by molar-refractivity contribution is 5.69. The van der Waals surface area contributed by atoms with Gasteiger partial charge in [0.15, 0.2) is 0 Å². The molecule has 0 bridgehead atoms. The number of unbranched alkanes of at least 4 members (excludes halogenated alkanes) is 8. The molecule has 0 fully saturated rings. The number of allylic oxidation sites excluding steroid dienone is 6. The summed E-state index contributed by atoms with van der Waals surface area (Å²) in [6, 6.07) is 0. The maximum atomic E-state index is 12.0. The highest BCUT2D eigenvalue weighted by atomic mass is 16.5. The van der Waals surface area contributed by atoms with Gasteiger partial charge in [-0.3, -0.25) is 9.59 Å². The van der Waals surface area contributed by atoms with Crippen LogP contribution in [0.3, 0.4) is 0 Å². The van der Waals surface area contributed by atoms with Crippen LogP contribution in [0.2, 0.25) is 0 Å². The summed E-state index contributed by atoms with van der Waals surface area (Å²) >= 11 is 0. The molecule has 6 nitrogen and oxygen atoms in total. The Labute approximate surface area is 277 Å². The fraction of sp³-hybridized carbons (Fsp3) is 0.744. The van der Waals surface area contributed by atoms with Crippen molar-refractivity contribution in [2.24, 2.45) is 0 Å². The van der Waals surface area contributed by atoms with Gasteiger partial charge in [-0.05, 0) is 125 Å². The molecule has 0 aliphatic heterocycles. The van der Waals surface area contributed by atoms with E-state index in [0.29, 0.717) is 26.1 Å². The highest BCUT2D eigenvalue weighted by Gasteiger charge is 2.06. The average molecular weight is 632 g/mol. The standard InChI is InChI=1S/C39H69NO5/c1-34(2)20-17-22-36(5)26-32-44-38(42)24-13-9-7-11-15-28-40(30-19-31-41)29-16-12-8-10-14-25-39(43)45-33-27-37(6)23-18-21-35(3)4/h20-21,26-27,41H,7-19,22-25,28-33H2,1-6H3/b36-26-,37-27-. The van der Waals surface area contributed by atoms with Gasteiger partial charge in [0.1, 0.15) is 13.2 Å². The summed E-state index contributed by atoms with van der Waals surface area (Å²) in [6.45, 7) is 16.7. The molecule has 0 amide bonds. The van der Waals surface area contributed by atoms with Crippen molar-refractivity contribution >= 4 is 11.9 Å². The number of rotatable bonds is 29. The monoisotopic (exact) mass is 632 g/mol. The van der Waals surface area contributed by atoms with E-state index in [-0.39, 0.29) is 18.5 Å². The molecule has 0 aliphatic rings. The Balaban J connectivity index is 3.88. The number of aliphatic hydroxyl groups excluding tert-OH is 1. The Hall–Kier alpha value is -2.18. The predicted molar refractivity (Wildman–Crippen MR) is 190 cm³/mol. The number of carbonyl (C=O) groups excluding carboxylic acids is 2. The minimum atomic E-state index is -0.0947. The molecular formula is C39H69NO5. The van der Waals surface area contributed by atoms with Crippen LogP contribution < -0.4 is 0 Å². The Morgan fingerprint density at radius 1 is 0.511 bits per heavy atom. The van der Waals surface area contributed by atoms with E-state index in [1.807, 2.05) is 12.2 Å². The van der Waals surface area contributed by atoms with Crippen LogP contribution in [-0.2, 0) is 19.1 Å². The van der Waals surface area contributed by atoms with Crippen LogP contribution in [0.5, 0.6) is 0 Å². The van der Waals surface area contributed by atoms with Gasteiger partial charge < -0.3 is 19.5 Å². The molecule has 0 aromatic carbocycles. The average Bonchev–Trinajstić information content (AvgIpc) is 2.98. The largest absolute Gasteiger partial charge is 0.461 e. The van der Waals surface area contributed by atoms with Gasteiger partial charge in [0, 0.05) is 26.0 Å². The summed E-state index contributed by atoms with van der Waals surface area (Å²) in [5.41, 5.74) is 5.21. The molecule has 0 spiro atoms. The van der Waals surface area contributed by atoms with Crippen molar-refractivity contribution in [2.45, 2.75) is 151 Å². The van der Waals surface area contributed by atoms with E-state index in [2.05, 4.69) is 58.6 Å². The minimum Gasteiger partial charge on any atom is -0.461 e. The Bertz CT molecular complexity index is 810. The number of nitrogens with zero attached hydrogens (tertiary/aromatic N) is 1. The molecule has 0 saturated carbocycles. The molecule has 45 heavy (non-hydrogen) atoms. The smallest absolute Gasteiger partial charge is 0.306 e. The zero-order valence-corrected chi connectivity index (χ0v) is 30.1. The van der Waals surface area contributed by atoms with Gasteiger partial charge >= 0.3 is 11.9 Å². The number of hydrogen-bond acceptors (Lipinski definition) is 6. The first-order chi connectivity index (χ1) is 21.6. The number of aliphatic hydroxyl groups is 1. The summed E-state index contributed by atoms with van der Waals surface area (Å²) < 4.78 is 10.7. The van der Waals surface area contributed by atoms with Gasteiger partial charge in [0.05, 0.1) is 0 Å². The number of hydrogen-bond donors (Lipinski definition) is 1. The molecule has 0 unspecified atom stereocenters. The maximum Gasteiger partial charge on any atom is 0.306 e. The van der Waals surface area contributed by atoms with Crippen LogP contribution in [-0.4, -0.2) is 61.4 Å². The van der Waals surface area contributed by atoms with Gasteiger partial charge in [0.2, 0.25) is 0 Å². The molecule has 0 heterocycles. The number of carbonyl (C=O) groups is 2. The highest BCUT2D eigenvalue weighted by Crippen LogP contribution is 2.12. The van der Waals surface area contributed by atoms with E-state index in [1.54, 1.807) is 0 Å². The molecule has 260 valence electrons. The van der Waals surface area contributed by atoms with Crippen molar-refractivity contribution in [3.8, 4) is 0 Å². The second-order valence-corrected chi connectivity index (χ2v) is 13.1. The van der Waals surface area contributed by atoms with E-state index in [9.17, 15) is 14.7 Å². The lowest BCUT2D eigenvalue weighted by atomic mass is 10.1. The summed E-state index contributed by atoms with van der Waals surface area (Å²) in [5, 5.41) is 9.30. The van der Waals surface area contributed by atoms with E-state index in [0.717, 1.165) is 103 Å². The van der Waals surface area contributed by atoms with Crippen molar-refractivity contribution in [3.05, 3.63) is 46.6 Å². The van der Waals surface area contributed by atoms with Crippen molar-refractivity contribution in [2.75, 3.05) is 39.5 Å². The summed E-state index contributed by atoms with van der Waals surface area (Å²) in [4.78, 5) is 26.5. The van der Waals surface area contributed by atoms with E-state index < -0.39 is 0 Å². The van der Waals surface area contributed by atoms with Crippen LogP contribution in [0.15, 0.2) is 46.6 Å². The second kappa shape index (κ2) is 30.5.